The van der Waals surface area contributed by atoms with E-state index in [0.29, 0.717) is 24.5 Å². The Balaban J connectivity index is 1.91. The summed E-state index contributed by atoms with van der Waals surface area (Å²) in [7, 11) is -3.37. The molecular formula is C14H19N5O3S. The second-order valence-electron chi connectivity index (χ2n) is 6.24. The van der Waals surface area contributed by atoms with Crippen LogP contribution in [-0.2, 0) is 15.3 Å². The third-order valence-electron chi connectivity index (χ3n) is 4.32. The smallest absolute Gasteiger partial charge is 0.271 e. The molecule has 1 fully saturated rings. The highest BCUT2D eigenvalue weighted by atomic mass is 32.2. The summed E-state index contributed by atoms with van der Waals surface area (Å²) in [6.45, 7) is 3.02. The standard InChI is InChI=1S/C14H19N5O3S/c1-14(12-11(8-16-18-12)23(2,21)22)5-3-7-19(9-14)13(20)10-4-6-15-17-10/h4,6,8H,3,5,7,9H2,1-2H3,(H,15,17)(H,16,18)/t14-/m1/s1. The van der Waals surface area contributed by atoms with Crippen molar-refractivity contribution in [2.75, 3.05) is 19.3 Å². The summed E-state index contributed by atoms with van der Waals surface area (Å²) in [4.78, 5) is 14.4. The molecule has 2 aromatic heterocycles. The molecule has 3 heterocycles. The summed E-state index contributed by atoms with van der Waals surface area (Å²) in [6, 6.07) is 1.63. The second kappa shape index (κ2) is 5.48. The minimum atomic E-state index is -3.37. The lowest BCUT2D eigenvalue weighted by Crippen LogP contribution is -2.47. The van der Waals surface area contributed by atoms with Crippen LogP contribution in [0.1, 0.15) is 35.9 Å². The van der Waals surface area contributed by atoms with Crippen LogP contribution in [0.25, 0.3) is 0 Å². The van der Waals surface area contributed by atoms with E-state index in [0.717, 1.165) is 12.8 Å². The number of carbonyl (C=O) groups is 1. The van der Waals surface area contributed by atoms with Gasteiger partial charge in [-0.05, 0) is 18.9 Å². The molecule has 0 saturated carbocycles. The number of aromatic nitrogens is 4. The van der Waals surface area contributed by atoms with Crippen molar-refractivity contribution in [1.82, 2.24) is 25.3 Å². The Hall–Kier alpha value is -2.16. The van der Waals surface area contributed by atoms with Crippen LogP contribution in [0.3, 0.4) is 0 Å². The highest BCUT2D eigenvalue weighted by molar-refractivity contribution is 7.90. The molecule has 124 valence electrons. The fourth-order valence-corrected chi connectivity index (χ4v) is 4.06. The van der Waals surface area contributed by atoms with E-state index in [2.05, 4.69) is 20.4 Å². The number of nitrogens with zero attached hydrogens (tertiary/aromatic N) is 3. The van der Waals surface area contributed by atoms with Crippen molar-refractivity contribution in [2.45, 2.75) is 30.1 Å². The SMILES string of the molecule is C[C@@]1(c2[nH]ncc2S(C)(=O)=O)CCCN(C(=O)c2ccn[nH]2)C1. The number of hydrogen-bond acceptors (Lipinski definition) is 5. The van der Waals surface area contributed by atoms with Gasteiger partial charge in [0.25, 0.3) is 5.91 Å². The van der Waals surface area contributed by atoms with E-state index < -0.39 is 15.3 Å². The van der Waals surface area contributed by atoms with Gasteiger partial charge in [-0.2, -0.15) is 10.2 Å². The average molecular weight is 337 g/mol. The molecule has 23 heavy (non-hydrogen) atoms. The Kier molecular flexibility index (Phi) is 3.75. The third kappa shape index (κ3) is 2.88. The topological polar surface area (TPSA) is 112 Å². The number of amides is 1. The molecule has 0 aromatic carbocycles. The van der Waals surface area contributed by atoms with Gasteiger partial charge in [-0.3, -0.25) is 15.0 Å². The van der Waals surface area contributed by atoms with Crippen LogP contribution in [0.2, 0.25) is 0 Å². The molecule has 3 rings (SSSR count). The van der Waals surface area contributed by atoms with Gasteiger partial charge >= 0.3 is 0 Å². The Labute approximate surface area is 134 Å². The van der Waals surface area contributed by atoms with Gasteiger partial charge in [-0.15, -0.1) is 0 Å². The van der Waals surface area contributed by atoms with E-state index in [1.165, 1.54) is 18.6 Å². The number of nitrogens with one attached hydrogen (secondary N) is 2. The fourth-order valence-electron chi connectivity index (χ4n) is 3.15. The van der Waals surface area contributed by atoms with Crippen LogP contribution in [0, 0.1) is 0 Å². The summed E-state index contributed by atoms with van der Waals surface area (Å²) in [5, 5.41) is 13.2. The van der Waals surface area contributed by atoms with Crippen LogP contribution >= 0.6 is 0 Å². The third-order valence-corrected chi connectivity index (χ3v) is 5.43. The molecule has 0 unspecified atom stereocenters. The van der Waals surface area contributed by atoms with Gasteiger partial charge in [0.2, 0.25) is 0 Å². The number of H-pyrrole nitrogens is 2. The van der Waals surface area contributed by atoms with Gasteiger partial charge < -0.3 is 4.90 Å². The van der Waals surface area contributed by atoms with E-state index in [1.54, 1.807) is 11.0 Å². The predicted molar refractivity (Wildman–Crippen MR) is 82.8 cm³/mol. The van der Waals surface area contributed by atoms with E-state index in [9.17, 15) is 13.2 Å². The number of aromatic amines is 2. The zero-order valence-corrected chi connectivity index (χ0v) is 13.9. The Bertz CT molecular complexity index is 811. The quantitative estimate of drug-likeness (QED) is 0.857. The Morgan fingerprint density at radius 2 is 2.13 bits per heavy atom. The normalized spacial score (nSPS) is 22.3. The lowest BCUT2D eigenvalue weighted by atomic mass is 9.79. The van der Waals surface area contributed by atoms with Crippen LogP contribution in [0.15, 0.2) is 23.4 Å². The molecule has 2 aromatic rings. The van der Waals surface area contributed by atoms with Gasteiger partial charge in [-0.1, -0.05) is 6.92 Å². The molecule has 2 N–H and O–H groups in total. The van der Waals surface area contributed by atoms with Crippen LogP contribution < -0.4 is 0 Å². The predicted octanol–water partition coefficient (Wildman–Crippen LogP) is 0.730. The molecule has 1 saturated heterocycles. The van der Waals surface area contributed by atoms with E-state index in [-0.39, 0.29) is 10.8 Å². The minimum Gasteiger partial charge on any atom is -0.336 e. The second-order valence-corrected chi connectivity index (χ2v) is 8.23. The monoisotopic (exact) mass is 337 g/mol. The number of sulfone groups is 1. The highest BCUT2D eigenvalue weighted by Gasteiger charge is 2.39. The molecule has 1 aliphatic rings. The summed E-state index contributed by atoms with van der Waals surface area (Å²) in [6.07, 6.45) is 5.61. The van der Waals surface area contributed by atoms with E-state index in [1.807, 2.05) is 6.92 Å². The fraction of sp³-hybridized carbons (Fsp3) is 0.500. The first-order valence-electron chi connectivity index (χ1n) is 7.34. The largest absolute Gasteiger partial charge is 0.336 e. The summed E-state index contributed by atoms with van der Waals surface area (Å²) >= 11 is 0. The first kappa shape index (κ1) is 15.7. The zero-order valence-electron chi connectivity index (χ0n) is 13.0. The van der Waals surface area contributed by atoms with Gasteiger partial charge in [0.1, 0.15) is 10.6 Å². The first-order valence-corrected chi connectivity index (χ1v) is 9.23. The molecule has 0 spiro atoms. The Morgan fingerprint density at radius 3 is 2.78 bits per heavy atom. The molecule has 9 heteroatoms. The lowest BCUT2D eigenvalue weighted by molar-refractivity contribution is 0.0639. The van der Waals surface area contributed by atoms with Gasteiger partial charge in [0.05, 0.1) is 11.9 Å². The average Bonchev–Trinajstić information content (AvgIpc) is 3.17. The van der Waals surface area contributed by atoms with Crippen molar-refractivity contribution in [1.29, 1.82) is 0 Å². The molecule has 0 aliphatic carbocycles. The van der Waals surface area contributed by atoms with Gasteiger partial charge in [0, 0.05) is 31.0 Å². The number of rotatable bonds is 3. The van der Waals surface area contributed by atoms with Crippen molar-refractivity contribution >= 4 is 15.7 Å². The molecular weight excluding hydrogens is 318 g/mol. The van der Waals surface area contributed by atoms with Crippen molar-refractivity contribution in [3.05, 3.63) is 29.8 Å². The maximum Gasteiger partial charge on any atom is 0.271 e. The lowest BCUT2D eigenvalue weighted by Gasteiger charge is -2.40. The highest BCUT2D eigenvalue weighted by Crippen LogP contribution is 2.36. The zero-order chi connectivity index (χ0) is 16.7. The molecule has 1 amide bonds. The summed E-state index contributed by atoms with van der Waals surface area (Å²) in [5.74, 6) is -0.131. The minimum absolute atomic E-state index is 0.131. The van der Waals surface area contributed by atoms with Crippen molar-refractivity contribution in [3.63, 3.8) is 0 Å². The maximum atomic E-state index is 12.5. The molecule has 0 radical (unpaired) electrons. The van der Waals surface area contributed by atoms with E-state index >= 15 is 0 Å². The first-order chi connectivity index (χ1) is 10.8. The summed E-state index contributed by atoms with van der Waals surface area (Å²) in [5.41, 5.74) is 0.521. The van der Waals surface area contributed by atoms with Crippen molar-refractivity contribution in [2.24, 2.45) is 0 Å². The van der Waals surface area contributed by atoms with Gasteiger partial charge in [-0.25, -0.2) is 8.42 Å². The van der Waals surface area contributed by atoms with Crippen molar-refractivity contribution < 1.29 is 13.2 Å². The number of carbonyl (C=O) groups excluding carboxylic acids is 1. The maximum absolute atomic E-state index is 12.5. The number of piperidine rings is 1. The van der Waals surface area contributed by atoms with Crippen molar-refractivity contribution in [3.8, 4) is 0 Å². The molecule has 0 bridgehead atoms. The van der Waals surface area contributed by atoms with Gasteiger partial charge in [0.15, 0.2) is 9.84 Å². The van der Waals surface area contributed by atoms with Crippen LogP contribution in [-0.4, -0.2) is 59.0 Å². The number of likely N-dealkylation sites (tertiary alicyclic amines) is 1. The Morgan fingerprint density at radius 1 is 1.35 bits per heavy atom. The van der Waals surface area contributed by atoms with Crippen LogP contribution in [0.5, 0.6) is 0 Å². The van der Waals surface area contributed by atoms with Crippen LogP contribution in [0.4, 0.5) is 0 Å². The van der Waals surface area contributed by atoms with E-state index in [4.69, 9.17) is 0 Å². The number of hydrogen-bond donors (Lipinski definition) is 2. The summed E-state index contributed by atoms with van der Waals surface area (Å²) < 4.78 is 23.9. The molecule has 1 atom stereocenters. The molecule has 8 nitrogen and oxygen atoms in total. The molecule has 1 aliphatic heterocycles.